The Bertz CT molecular complexity index is 1440. The Balaban J connectivity index is 1.23. The summed E-state index contributed by atoms with van der Waals surface area (Å²) in [5.74, 6) is 0.716. The summed E-state index contributed by atoms with van der Waals surface area (Å²) in [5, 5.41) is 18.8. The Hall–Kier alpha value is -4.47. The van der Waals surface area contributed by atoms with E-state index in [1.165, 1.54) is 5.56 Å². The van der Waals surface area contributed by atoms with Crippen LogP contribution in [0, 0.1) is 36.5 Å². The molecular formula is C30H32N8O. The second kappa shape index (κ2) is 11.5. The zero-order chi connectivity index (χ0) is 27.4. The fraction of sp³-hybridized carbons (Fsp3) is 0.367. The average Bonchev–Trinajstić information content (AvgIpc) is 2.98. The minimum atomic E-state index is 0.0680. The van der Waals surface area contributed by atoms with Gasteiger partial charge in [0.2, 0.25) is 0 Å². The minimum absolute atomic E-state index is 0.0680. The molecule has 2 aliphatic heterocycles. The highest BCUT2D eigenvalue weighted by Crippen LogP contribution is 2.24. The van der Waals surface area contributed by atoms with Gasteiger partial charge in [-0.2, -0.15) is 10.5 Å². The molecule has 1 aromatic heterocycles. The molecule has 3 aromatic rings. The van der Waals surface area contributed by atoms with E-state index in [0.717, 1.165) is 55.1 Å². The van der Waals surface area contributed by atoms with Crippen molar-refractivity contribution in [3.8, 4) is 12.1 Å². The molecule has 2 aromatic carbocycles. The Labute approximate surface area is 229 Å². The van der Waals surface area contributed by atoms with Crippen molar-refractivity contribution in [2.45, 2.75) is 20.4 Å². The molecule has 2 aliphatic rings. The van der Waals surface area contributed by atoms with Crippen molar-refractivity contribution in [3.63, 3.8) is 0 Å². The molecule has 0 saturated carbocycles. The standard InChI is InChI=1S/C30H32N8O/c1-22-17-23(2)26(30(39)38-15-13-36(14-16-38)28-6-4-3-5-24(28)19-31)18-25(22)21-35-9-11-37(12-10-35)29-27(20-32)33-7-8-34-29/h3-8,17-18H,9-16,21H2,1-2H3. The van der Waals surface area contributed by atoms with Crippen molar-refractivity contribution in [1.29, 1.82) is 10.5 Å². The van der Waals surface area contributed by atoms with Crippen LogP contribution in [-0.2, 0) is 6.54 Å². The number of amides is 1. The van der Waals surface area contributed by atoms with Gasteiger partial charge in [-0.1, -0.05) is 18.2 Å². The zero-order valence-corrected chi connectivity index (χ0v) is 22.5. The normalized spacial score (nSPS) is 16.1. The van der Waals surface area contributed by atoms with Crippen LogP contribution >= 0.6 is 0 Å². The van der Waals surface area contributed by atoms with Crippen molar-refractivity contribution in [1.82, 2.24) is 19.8 Å². The predicted molar refractivity (Wildman–Crippen MR) is 149 cm³/mol. The van der Waals surface area contributed by atoms with Crippen molar-refractivity contribution >= 4 is 17.4 Å². The summed E-state index contributed by atoms with van der Waals surface area (Å²) >= 11 is 0. The van der Waals surface area contributed by atoms with Crippen molar-refractivity contribution in [3.05, 3.63) is 82.3 Å². The molecule has 2 saturated heterocycles. The van der Waals surface area contributed by atoms with Crippen LogP contribution in [0.5, 0.6) is 0 Å². The van der Waals surface area contributed by atoms with Crippen LogP contribution in [0.3, 0.4) is 0 Å². The molecule has 1 amide bonds. The number of carbonyl (C=O) groups excluding carboxylic acids is 1. The number of hydrogen-bond acceptors (Lipinski definition) is 8. The average molecular weight is 521 g/mol. The lowest BCUT2D eigenvalue weighted by Crippen LogP contribution is -2.49. The molecule has 39 heavy (non-hydrogen) atoms. The van der Waals surface area contributed by atoms with E-state index >= 15 is 0 Å². The second-order valence-electron chi connectivity index (χ2n) is 10.1. The number of hydrogen-bond donors (Lipinski definition) is 0. The van der Waals surface area contributed by atoms with E-state index in [1.807, 2.05) is 36.1 Å². The molecular weight excluding hydrogens is 488 g/mol. The predicted octanol–water partition coefficient (Wildman–Crippen LogP) is 3.12. The van der Waals surface area contributed by atoms with Gasteiger partial charge in [0, 0.05) is 76.9 Å². The fourth-order valence-electron chi connectivity index (χ4n) is 5.46. The van der Waals surface area contributed by atoms with Crippen molar-refractivity contribution in [2.24, 2.45) is 0 Å². The van der Waals surface area contributed by atoms with Gasteiger partial charge in [0.1, 0.15) is 12.1 Å². The van der Waals surface area contributed by atoms with Gasteiger partial charge in [-0.25, -0.2) is 9.97 Å². The quantitative estimate of drug-likeness (QED) is 0.506. The van der Waals surface area contributed by atoms with E-state index in [4.69, 9.17) is 0 Å². The first kappa shape index (κ1) is 26.1. The lowest BCUT2D eigenvalue weighted by Gasteiger charge is -2.37. The number of carbonyl (C=O) groups is 1. The molecule has 0 unspecified atom stereocenters. The number of aryl methyl sites for hydroxylation is 2. The summed E-state index contributed by atoms with van der Waals surface area (Å²) in [6.45, 7) is 10.7. The summed E-state index contributed by atoms with van der Waals surface area (Å²) in [4.78, 5) is 30.7. The maximum absolute atomic E-state index is 13.6. The molecule has 0 aliphatic carbocycles. The minimum Gasteiger partial charge on any atom is -0.367 e. The van der Waals surface area contributed by atoms with Crippen LogP contribution in [0.15, 0.2) is 48.8 Å². The first-order valence-corrected chi connectivity index (χ1v) is 13.3. The van der Waals surface area contributed by atoms with Gasteiger partial charge >= 0.3 is 0 Å². The topological polar surface area (TPSA) is 103 Å². The highest BCUT2D eigenvalue weighted by Gasteiger charge is 2.26. The number of anilines is 2. The maximum atomic E-state index is 13.6. The van der Waals surface area contributed by atoms with Crippen LogP contribution in [-0.4, -0.2) is 78.0 Å². The van der Waals surface area contributed by atoms with E-state index in [2.05, 4.69) is 55.9 Å². The molecule has 0 bridgehead atoms. The smallest absolute Gasteiger partial charge is 0.254 e. The molecule has 0 atom stereocenters. The largest absolute Gasteiger partial charge is 0.367 e. The molecule has 3 heterocycles. The van der Waals surface area contributed by atoms with Crippen LogP contribution in [0.1, 0.15) is 38.3 Å². The molecule has 0 spiro atoms. The van der Waals surface area contributed by atoms with Gasteiger partial charge < -0.3 is 14.7 Å². The summed E-state index contributed by atoms with van der Waals surface area (Å²) < 4.78 is 0. The van der Waals surface area contributed by atoms with E-state index in [-0.39, 0.29) is 5.91 Å². The summed E-state index contributed by atoms with van der Waals surface area (Å²) in [7, 11) is 0. The molecule has 0 radical (unpaired) electrons. The Morgan fingerprint density at radius 1 is 0.846 bits per heavy atom. The van der Waals surface area contributed by atoms with Gasteiger partial charge in [-0.3, -0.25) is 9.69 Å². The van der Waals surface area contributed by atoms with Gasteiger partial charge in [0.25, 0.3) is 5.91 Å². The maximum Gasteiger partial charge on any atom is 0.254 e. The third-order valence-corrected chi connectivity index (χ3v) is 7.70. The second-order valence-corrected chi connectivity index (χ2v) is 10.1. The summed E-state index contributed by atoms with van der Waals surface area (Å²) in [6.07, 6.45) is 3.17. The van der Waals surface area contributed by atoms with Crippen molar-refractivity contribution < 1.29 is 4.79 Å². The number of rotatable bonds is 5. The number of aromatic nitrogens is 2. The zero-order valence-electron chi connectivity index (χ0n) is 22.5. The third-order valence-electron chi connectivity index (χ3n) is 7.70. The molecule has 5 rings (SSSR count). The third kappa shape index (κ3) is 5.55. The summed E-state index contributed by atoms with van der Waals surface area (Å²) in [6, 6.07) is 16.2. The van der Waals surface area contributed by atoms with Crippen LogP contribution < -0.4 is 9.80 Å². The Kier molecular flexibility index (Phi) is 7.72. The molecule has 9 nitrogen and oxygen atoms in total. The van der Waals surface area contributed by atoms with Gasteiger partial charge in [0.05, 0.1) is 11.3 Å². The van der Waals surface area contributed by atoms with Gasteiger partial charge in [0.15, 0.2) is 11.5 Å². The highest BCUT2D eigenvalue weighted by molar-refractivity contribution is 5.96. The first-order chi connectivity index (χ1) is 19.0. The van der Waals surface area contributed by atoms with Gasteiger partial charge in [-0.15, -0.1) is 0 Å². The number of benzene rings is 2. The Morgan fingerprint density at radius 2 is 1.54 bits per heavy atom. The lowest BCUT2D eigenvalue weighted by molar-refractivity contribution is 0.0746. The number of para-hydroxylation sites is 1. The molecule has 0 N–H and O–H groups in total. The molecule has 198 valence electrons. The van der Waals surface area contributed by atoms with Crippen LogP contribution in [0.2, 0.25) is 0 Å². The first-order valence-electron chi connectivity index (χ1n) is 13.3. The number of piperazine rings is 2. The Morgan fingerprint density at radius 3 is 2.26 bits per heavy atom. The fourth-order valence-corrected chi connectivity index (χ4v) is 5.46. The van der Waals surface area contributed by atoms with E-state index < -0.39 is 0 Å². The highest BCUT2D eigenvalue weighted by atomic mass is 16.2. The number of nitrogens with zero attached hydrogens (tertiary/aromatic N) is 8. The van der Waals surface area contributed by atoms with Gasteiger partial charge in [-0.05, 0) is 48.7 Å². The van der Waals surface area contributed by atoms with E-state index in [9.17, 15) is 15.3 Å². The van der Waals surface area contributed by atoms with E-state index in [1.54, 1.807) is 12.4 Å². The number of nitriles is 2. The van der Waals surface area contributed by atoms with Crippen molar-refractivity contribution in [2.75, 3.05) is 62.2 Å². The monoisotopic (exact) mass is 520 g/mol. The molecule has 2 fully saturated rings. The molecule has 9 heteroatoms. The summed E-state index contributed by atoms with van der Waals surface area (Å²) in [5.41, 5.74) is 6.07. The van der Waals surface area contributed by atoms with Crippen LogP contribution in [0.25, 0.3) is 0 Å². The van der Waals surface area contributed by atoms with Crippen LogP contribution in [0.4, 0.5) is 11.5 Å². The van der Waals surface area contributed by atoms with E-state index in [0.29, 0.717) is 43.3 Å². The SMILES string of the molecule is Cc1cc(C)c(C(=O)N2CCN(c3ccccc3C#N)CC2)cc1CN1CCN(c2nccnc2C#N)CC1. The lowest BCUT2D eigenvalue weighted by atomic mass is 9.98.